The van der Waals surface area contributed by atoms with Crippen LogP contribution >= 0.6 is 0 Å². The summed E-state index contributed by atoms with van der Waals surface area (Å²) < 4.78 is 5.79. The molecule has 0 saturated heterocycles. The smallest absolute Gasteiger partial charge is 0.345 e. The molecule has 3 rings (SSSR count). The van der Waals surface area contributed by atoms with Crippen LogP contribution in [0.15, 0.2) is 72.8 Å². The number of benzene rings is 3. The Balaban J connectivity index is 1.88. The van der Waals surface area contributed by atoms with Crippen LogP contribution in [0.5, 0.6) is 5.75 Å². The molecule has 0 fully saturated rings. The van der Waals surface area contributed by atoms with Gasteiger partial charge in [-0.25, -0.2) is 4.79 Å². The van der Waals surface area contributed by atoms with Gasteiger partial charge in [0, 0.05) is 11.8 Å². The van der Waals surface area contributed by atoms with E-state index in [0.717, 1.165) is 16.3 Å². The van der Waals surface area contributed by atoms with Crippen molar-refractivity contribution in [3.63, 3.8) is 0 Å². The lowest BCUT2D eigenvalue weighted by atomic mass is 10.1. The van der Waals surface area contributed by atoms with Gasteiger partial charge in [-0.15, -0.1) is 0 Å². The van der Waals surface area contributed by atoms with E-state index in [1.165, 1.54) is 0 Å². The summed E-state index contributed by atoms with van der Waals surface area (Å²) in [6.07, 6.45) is -0.576. The van der Waals surface area contributed by atoms with Crippen LogP contribution in [0.3, 0.4) is 0 Å². The molecule has 0 aliphatic carbocycles. The van der Waals surface area contributed by atoms with Gasteiger partial charge in [-0.1, -0.05) is 66.7 Å². The summed E-state index contributed by atoms with van der Waals surface area (Å²) in [5.41, 5.74) is 0.940. The topological polar surface area (TPSA) is 46.5 Å². The Labute approximate surface area is 128 Å². The summed E-state index contributed by atoms with van der Waals surface area (Å²) in [7, 11) is 0. The van der Waals surface area contributed by atoms with Crippen LogP contribution in [0.1, 0.15) is 5.56 Å². The lowest BCUT2D eigenvalue weighted by Gasteiger charge is -2.16. The van der Waals surface area contributed by atoms with Crippen LogP contribution in [0, 0.1) is 0 Å². The molecule has 0 bridgehead atoms. The number of ether oxygens (including phenoxy) is 1. The highest BCUT2D eigenvalue weighted by molar-refractivity contribution is 5.88. The van der Waals surface area contributed by atoms with Gasteiger partial charge in [0.15, 0.2) is 6.10 Å². The van der Waals surface area contributed by atoms with Gasteiger partial charge < -0.3 is 9.84 Å². The van der Waals surface area contributed by atoms with Crippen LogP contribution in [0.25, 0.3) is 10.8 Å². The molecule has 3 aromatic carbocycles. The van der Waals surface area contributed by atoms with Gasteiger partial charge in [-0.2, -0.15) is 0 Å². The van der Waals surface area contributed by atoms with Crippen molar-refractivity contribution in [2.45, 2.75) is 12.5 Å². The van der Waals surface area contributed by atoms with Crippen LogP contribution in [0.4, 0.5) is 0 Å². The number of fused-ring (bicyclic) bond motifs is 1. The SMILES string of the molecule is O=C(O)[C@H](Cc1ccccc1)Oc1cccc2ccccc12. The summed E-state index contributed by atoms with van der Waals surface area (Å²) in [5, 5.41) is 11.4. The molecule has 0 aliphatic rings. The molecule has 3 heteroatoms. The summed E-state index contributed by atoms with van der Waals surface area (Å²) in [6, 6.07) is 23.0. The third-order valence-electron chi connectivity index (χ3n) is 3.56. The molecule has 0 unspecified atom stereocenters. The molecule has 0 spiro atoms. The minimum Gasteiger partial charge on any atom is -0.478 e. The molecule has 110 valence electrons. The summed E-state index contributed by atoms with van der Waals surface area (Å²) in [4.78, 5) is 11.5. The van der Waals surface area contributed by atoms with E-state index >= 15 is 0 Å². The van der Waals surface area contributed by atoms with E-state index in [1.807, 2.05) is 72.8 Å². The normalized spacial score (nSPS) is 12.0. The van der Waals surface area contributed by atoms with Crippen molar-refractivity contribution in [3.05, 3.63) is 78.4 Å². The lowest BCUT2D eigenvalue weighted by molar-refractivity contribution is -0.144. The number of carboxylic acid groups (broad SMARTS) is 1. The Morgan fingerprint density at radius 3 is 2.36 bits per heavy atom. The molecule has 0 heterocycles. The second-order valence-corrected chi connectivity index (χ2v) is 5.11. The standard InChI is InChI=1S/C19H16O3/c20-19(21)18(13-14-7-2-1-3-8-14)22-17-12-6-10-15-9-4-5-11-16(15)17/h1-12,18H,13H2,(H,20,21)/t18-/m0/s1. The zero-order valence-electron chi connectivity index (χ0n) is 12.0. The van der Waals surface area contributed by atoms with Crippen molar-refractivity contribution in [2.75, 3.05) is 0 Å². The largest absolute Gasteiger partial charge is 0.478 e. The predicted octanol–water partition coefficient (Wildman–Crippen LogP) is 3.91. The molecular weight excluding hydrogens is 276 g/mol. The highest BCUT2D eigenvalue weighted by Crippen LogP contribution is 2.26. The molecule has 1 N–H and O–H groups in total. The second kappa shape index (κ2) is 6.31. The Morgan fingerprint density at radius 1 is 0.909 bits per heavy atom. The van der Waals surface area contributed by atoms with Gasteiger partial charge in [0.05, 0.1) is 0 Å². The fraction of sp³-hybridized carbons (Fsp3) is 0.105. The molecule has 1 atom stereocenters. The van der Waals surface area contributed by atoms with Gasteiger partial charge >= 0.3 is 5.97 Å². The van der Waals surface area contributed by atoms with E-state index in [4.69, 9.17) is 4.74 Å². The number of rotatable bonds is 5. The Hall–Kier alpha value is -2.81. The van der Waals surface area contributed by atoms with E-state index in [2.05, 4.69) is 0 Å². The molecule has 22 heavy (non-hydrogen) atoms. The summed E-state index contributed by atoms with van der Waals surface area (Å²) >= 11 is 0. The molecule has 0 amide bonds. The third-order valence-corrected chi connectivity index (χ3v) is 3.56. The first-order chi connectivity index (χ1) is 10.7. The first-order valence-electron chi connectivity index (χ1n) is 7.15. The highest BCUT2D eigenvalue weighted by atomic mass is 16.5. The van der Waals surface area contributed by atoms with Crippen molar-refractivity contribution in [3.8, 4) is 5.75 Å². The molecular formula is C19H16O3. The predicted molar refractivity (Wildman–Crippen MR) is 86.1 cm³/mol. The minimum atomic E-state index is -0.961. The molecule has 0 radical (unpaired) electrons. The van der Waals surface area contributed by atoms with Crippen molar-refractivity contribution in [1.29, 1.82) is 0 Å². The van der Waals surface area contributed by atoms with Crippen molar-refractivity contribution in [1.82, 2.24) is 0 Å². The Kier molecular flexibility index (Phi) is 4.05. The van der Waals surface area contributed by atoms with Gasteiger partial charge in [0.1, 0.15) is 5.75 Å². The number of carboxylic acids is 1. The first-order valence-corrected chi connectivity index (χ1v) is 7.15. The molecule has 0 saturated carbocycles. The van der Waals surface area contributed by atoms with E-state index < -0.39 is 12.1 Å². The average molecular weight is 292 g/mol. The fourth-order valence-electron chi connectivity index (χ4n) is 2.46. The summed E-state index contributed by atoms with van der Waals surface area (Å²) in [6.45, 7) is 0. The van der Waals surface area contributed by atoms with E-state index in [9.17, 15) is 9.90 Å². The molecule has 0 aromatic heterocycles. The van der Waals surface area contributed by atoms with Gasteiger partial charge in [0.25, 0.3) is 0 Å². The quantitative estimate of drug-likeness (QED) is 0.775. The Morgan fingerprint density at radius 2 is 1.59 bits per heavy atom. The van der Waals surface area contributed by atoms with Gasteiger partial charge in [-0.3, -0.25) is 0 Å². The maximum Gasteiger partial charge on any atom is 0.345 e. The number of carbonyl (C=O) groups is 1. The van der Waals surface area contributed by atoms with E-state index in [0.29, 0.717) is 12.2 Å². The highest BCUT2D eigenvalue weighted by Gasteiger charge is 2.20. The van der Waals surface area contributed by atoms with Crippen molar-refractivity contribution >= 4 is 16.7 Å². The monoisotopic (exact) mass is 292 g/mol. The summed E-state index contributed by atoms with van der Waals surface area (Å²) in [5.74, 6) is -0.363. The maximum atomic E-state index is 11.5. The van der Waals surface area contributed by atoms with E-state index in [-0.39, 0.29) is 0 Å². The van der Waals surface area contributed by atoms with Crippen LogP contribution in [-0.2, 0) is 11.2 Å². The average Bonchev–Trinajstić information content (AvgIpc) is 2.55. The van der Waals surface area contributed by atoms with Crippen LogP contribution < -0.4 is 4.74 Å². The number of hydrogen-bond acceptors (Lipinski definition) is 2. The number of hydrogen-bond donors (Lipinski definition) is 1. The van der Waals surface area contributed by atoms with Crippen molar-refractivity contribution < 1.29 is 14.6 Å². The Bertz CT molecular complexity index is 776. The van der Waals surface area contributed by atoms with Crippen LogP contribution in [-0.4, -0.2) is 17.2 Å². The zero-order valence-corrected chi connectivity index (χ0v) is 12.0. The lowest BCUT2D eigenvalue weighted by Crippen LogP contribution is -2.29. The third kappa shape index (κ3) is 3.09. The van der Waals surface area contributed by atoms with Crippen molar-refractivity contribution in [2.24, 2.45) is 0 Å². The zero-order chi connectivity index (χ0) is 15.4. The molecule has 0 aliphatic heterocycles. The second-order valence-electron chi connectivity index (χ2n) is 5.11. The molecule has 3 aromatic rings. The van der Waals surface area contributed by atoms with Crippen LogP contribution in [0.2, 0.25) is 0 Å². The maximum absolute atomic E-state index is 11.5. The molecule has 3 nitrogen and oxygen atoms in total. The number of aliphatic carboxylic acids is 1. The minimum absolute atomic E-state index is 0.333. The van der Waals surface area contributed by atoms with E-state index in [1.54, 1.807) is 0 Å². The fourth-order valence-corrected chi connectivity index (χ4v) is 2.46. The van der Waals surface area contributed by atoms with Gasteiger partial charge in [-0.05, 0) is 17.0 Å². The van der Waals surface area contributed by atoms with Gasteiger partial charge in [0.2, 0.25) is 0 Å². The first kappa shape index (κ1) is 14.1.